The third-order valence-electron chi connectivity index (χ3n) is 12.7. The van der Waals surface area contributed by atoms with Gasteiger partial charge in [0, 0.05) is 16.8 Å². The van der Waals surface area contributed by atoms with E-state index < -0.39 is 5.41 Å². The first kappa shape index (κ1) is 31.2. The molecule has 3 aliphatic rings. The fraction of sp³-hybridized carbons (Fsp3) is 0.115. The number of anilines is 2. The molecule has 0 bridgehead atoms. The van der Waals surface area contributed by atoms with Gasteiger partial charge in [0.1, 0.15) is 11.2 Å². The van der Waals surface area contributed by atoms with Crippen molar-refractivity contribution in [3.63, 3.8) is 0 Å². The Morgan fingerprint density at radius 1 is 0.537 bits per heavy atom. The summed E-state index contributed by atoms with van der Waals surface area (Å²) in [6.07, 6.45) is 5.70. The van der Waals surface area contributed by atoms with Crippen LogP contribution in [0.3, 0.4) is 0 Å². The normalized spacial score (nSPS) is 17.3. The van der Waals surface area contributed by atoms with Crippen LogP contribution in [0.1, 0.15) is 53.6 Å². The number of benzene rings is 7. The summed E-state index contributed by atoms with van der Waals surface area (Å²) in [5, 5.41) is 2.27. The van der Waals surface area contributed by atoms with E-state index in [2.05, 4.69) is 201 Å². The highest BCUT2D eigenvalue weighted by molar-refractivity contribution is 6.12. The number of furan rings is 1. The molecular weight excluding hydrogens is 655 g/mol. The van der Waals surface area contributed by atoms with Gasteiger partial charge in [0.2, 0.25) is 0 Å². The zero-order chi connectivity index (χ0) is 36.0. The Hall–Kier alpha value is -6.38. The molecule has 54 heavy (non-hydrogen) atoms. The minimum Gasteiger partial charge on any atom is -0.456 e. The average molecular weight is 694 g/mol. The SMILES string of the molecule is CC1(C)c2ccccc2C2=CC=C(N(c3cccc(C4(c5ccccc5)c5ccccc5-c5ccccc54)c3)c3cccc4oc5ccccc5c34)CC21. The predicted molar refractivity (Wildman–Crippen MR) is 223 cm³/mol. The molecule has 0 N–H and O–H groups in total. The second-order valence-corrected chi connectivity index (χ2v) is 15.6. The molecule has 0 saturated carbocycles. The summed E-state index contributed by atoms with van der Waals surface area (Å²) >= 11 is 0. The van der Waals surface area contributed by atoms with Gasteiger partial charge < -0.3 is 9.32 Å². The third kappa shape index (κ3) is 4.23. The smallest absolute Gasteiger partial charge is 0.137 e. The van der Waals surface area contributed by atoms with Crippen molar-refractivity contribution in [2.75, 3.05) is 4.90 Å². The number of rotatable bonds is 5. The van der Waals surface area contributed by atoms with Gasteiger partial charge >= 0.3 is 0 Å². The molecule has 0 aliphatic heterocycles. The summed E-state index contributed by atoms with van der Waals surface area (Å²) in [5.74, 6) is 0.352. The lowest BCUT2D eigenvalue weighted by molar-refractivity contribution is 0.406. The Bertz CT molecular complexity index is 2800. The van der Waals surface area contributed by atoms with E-state index >= 15 is 0 Å². The lowest BCUT2D eigenvalue weighted by atomic mass is 9.67. The summed E-state index contributed by atoms with van der Waals surface area (Å²) in [4.78, 5) is 2.53. The number of hydrogen-bond acceptors (Lipinski definition) is 2. The molecule has 11 rings (SSSR count). The minimum absolute atomic E-state index is 0.00155. The van der Waals surface area contributed by atoms with Gasteiger partial charge in [-0.05, 0) is 104 Å². The van der Waals surface area contributed by atoms with Gasteiger partial charge in [-0.3, -0.25) is 0 Å². The van der Waals surface area contributed by atoms with Crippen molar-refractivity contribution < 1.29 is 4.42 Å². The molecule has 0 fully saturated rings. The van der Waals surface area contributed by atoms with Gasteiger partial charge in [0.05, 0.1) is 16.5 Å². The van der Waals surface area contributed by atoms with Gasteiger partial charge in [-0.1, -0.05) is 159 Å². The molecule has 258 valence electrons. The van der Waals surface area contributed by atoms with Crippen LogP contribution in [0.5, 0.6) is 0 Å². The number of allylic oxidation sites excluding steroid dienone is 4. The van der Waals surface area contributed by atoms with Crippen LogP contribution in [0.4, 0.5) is 11.4 Å². The van der Waals surface area contributed by atoms with Crippen LogP contribution in [0.2, 0.25) is 0 Å². The van der Waals surface area contributed by atoms with E-state index in [0.717, 1.165) is 39.7 Å². The molecule has 0 spiro atoms. The second kappa shape index (κ2) is 11.6. The zero-order valence-corrected chi connectivity index (χ0v) is 30.5. The molecule has 0 saturated heterocycles. The first-order chi connectivity index (χ1) is 26.5. The number of para-hydroxylation sites is 1. The van der Waals surface area contributed by atoms with Crippen LogP contribution in [0, 0.1) is 5.92 Å². The molecule has 0 radical (unpaired) electrons. The van der Waals surface area contributed by atoms with E-state index in [-0.39, 0.29) is 5.41 Å². The molecule has 3 aliphatic carbocycles. The van der Waals surface area contributed by atoms with Crippen molar-refractivity contribution >= 4 is 38.9 Å². The maximum atomic E-state index is 6.51. The van der Waals surface area contributed by atoms with Crippen molar-refractivity contribution in [3.05, 3.63) is 221 Å². The van der Waals surface area contributed by atoms with E-state index in [9.17, 15) is 0 Å². The maximum absolute atomic E-state index is 6.51. The first-order valence-electron chi connectivity index (χ1n) is 19.1. The molecule has 8 aromatic rings. The number of nitrogens with zero attached hydrogens (tertiary/aromatic N) is 1. The predicted octanol–water partition coefficient (Wildman–Crippen LogP) is 13.4. The third-order valence-corrected chi connectivity index (χ3v) is 12.7. The lowest BCUT2D eigenvalue weighted by Gasteiger charge is -2.38. The first-order valence-corrected chi connectivity index (χ1v) is 19.1. The van der Waals surface area contributed by atoms with Gasteiger partial charge in [0.15, 0.2) is 0 Å². The van der Waals surface area contributed by atoms with Crippen LogP contribution in [0.15, 0.2) is 192 Å². The van der Waals surface area contributed by atoms with Crippen LogP contribution < -0.4 is 4.90 Å². The van der Waals surface area contributed by atoms with Crippen molar-refractivity contribution in [2.24, 2.45) is 5.92 Å². The van der Waals surface area contributed by atoms with E-state index in [1.165, 1.54) is 55.8 Å². The van der Waals surface area contributed by atoms with Gasteiger partial charge in [0.25, 0.3) is 0 Å². The fourth-order valence-electron chi connectivity index (χ4n) is 10.3. The van der Waals surface area contributed by atoms with Crippen LogP contribution in [-0.2, 0) is 10.8 Å². The maximum Gasteiger partial charge on any atom is 0.137 e. The summed E-state index contributed by atoms with van der Waals surface area (Å²) in [6.45, 7) is 4.85. The quantitative estimate of drug-likeness (QED) is 0.178. The molecule has 0 amide bonds. The van der Waals surface area contributed by atoms with Crippen LogP contribution in [0.25, 0.3) is 38.6 Å². The number of fused-ring (bicyclic) bond motifs is 9. The van der Waals surface area contributed by atoms with E-state index in [0.29, 0.717) is 5.92 Å². The molecular formula is C52H39NO. The van der Waals surface area contributed by atoms with Crippen LogP contribution in [-0.4, -0.2) is 0 Å². The van der Waals surface area contributed by atoms with E-state index in [1.54, 1.807) is 0 Å². The largest absolute Gasteiger partial charge is 0.456 e. The standard InChI is InChI=1S/C52H39NO/c1-51(2)43-24-10-6-20-38(43)41-31-30-37(33-46(41)51)53(47-27-15-29-49-50(47)42-23-9-13-28-48(42)54-49)36-19-14-18-35(32-36)52(34-16-4-3-5-17-34)44-25-11-7-21-39(44)40-22-8-12-26-45(40)52/h3-32,46H,33H2,1-2H3. The Kier molecular flexibility index (Phi) is 6.67. The fourth-order valence-corrected chi connectivity index (χ4v) is 10.3. The summed E-state index contributed by atoms with van der Waals surface area (Å²) in [6, 6.07) is 62.4. The van der Waals surface area contributed by atoms with Crippen molar-refractivity contribution in [3.8, 4) is 11.1 Å². The Morgan fingerprint density at radius 2 is 1.15 bits per heavy atom. The van der Waals surface area contributed by atoms with Gasteiger partial charge in [-0.15, -0.1) is 0 Å². The van der Waals surface area contributed by atoms with Crippen molar-refractivity contribution in [1.29, 1.82) is 0 Å². The molecule has 1 atom stereocenters. The molecule has 2 heteroatoms. The highest BCUT2D eigenvalue weighted by atomic mass is 16.3. The highest BCUT2D eigenvalue weighted by Gasteiger charge is 2.47. The second-order valence-electron chi connectivity index (χ2n) is 15.6. The van der Waals surface area contributed by atoms with Gasteiger partial charge in [-0.25, -0.2) is 0 Å². The van der Waals surface area contributed by atoms with Crippen molar-refractivity contribution in [1.82, 2.24) is 0 Å². The van der Waals surface area contributed by atoms with Crippen molar-refractivity contribution in [2.45, 2.75) is 31.1 Å². The highest BCUT2D eigenvalue weighted by Crippen LogP contribution is 2.58. The minimum atomic E-state index is -0.492. The van der Waals surface area contributed by atoms with E-state index in [4.69, 9.17) is 4.42 Å². The summed E-state index contributed by atoms with van der Waals surface area (Å²) in [5.41, 5.74) is 16.9. The van der Waals surface area contributed by atoms with Crippen LogP contribution >= 0.6 is 0 Å². The Morgan fingerprint density at radius 3 is 1.93 bits per heavy atom. The summed E-state index contributed by atoms with van der Waals surface area (Å²) in [7, 11) is 0. The Balaban J connectivity index is 1.18. The summed E-state index contributed by atoms with van der Waals surface area (Å²) < 4.78 is 6.51. The number of hydrogen-bond donors (Lipinski definition) is 0. The Labute approximate surface area is 316 Å². The monoisotopic (exact) mass is 693 g/mol. The molecule has 1 aromatic heterocycles. The molecule has 1 heterocycles. The van der Waals surface area contributed by atoms with E-state index in [1.807, 2.05) is 0 Å². The topological polar surface area (TPSA) is 16.4 Å². The molecule has 1 unspecified atom stereocenters. The van der Waals surface area contributed by atoms with Gasteiger partial charge in [-0.2, -0.15) is 0 Å². The average Bonchev–Trinajstić information content (AvgIpc) is 3.83. The molecule has 2 nitrogen and oxygen atoms in total. The lowest BCUT2D eigenvalue weighted by Crippen LogP contribution is -2.30. The zero-order valence-electron chi connectivity index (χ0n) is 30.5. The molecule has 7 aromatic carbocycles.